The van der Waals surface area contributed by atoms with Gasteiger partial charge >= 0.3 is 23.9 Å². The number of carbonyl (C=O) groups is 11. The fraction of sp³-hybridized carbons (Fsp3) is 0.571. The number of unbranched alkanes of at least 4 members (excludes halogenated alkanes) is 1. The largest absolute Gasteiger partial charge is 0.508 e. The zero-order valence-corrected chi connectivity index (χ0v) is 52.4. The highest BCUT2D eigenvalue weighted by molar-refractivity contribution is 6.34. The zero-order valence-electron chi connectivity index (χ0n) is 51.6. The van der Waals surface area contributed by atoms with Gasteiger partial charge < -0.3 is 60.2 Å². The van der Waals surface area contributed by atoms with E-state index in [-0.39, 0.29) is 100 Å². The van der Waals surface area contributed by atoms with E-state index in [0.717, 1.165) is 22.1 Å². The van der Waals surface area contributed by atoms with Crippen LogP contribution in [0.1, 0.15) is 146 Å². The Morgan fingerprint density at radius 1 is 0.966 bits per heavy atom. The lowest BCUT2D eigenvalue weighted by Gasteiger charge is -2.41. The van der Waals surface area contributed by atoms with Crippen LogP contribution in [0.5, 0.6) is 5.75 Å². The maximum absolute atomic E-state index is 14.5. The number of likely N-dealkylation sites (N-methyl/N-ethyl adjacent to an activating group) is 1. The van der Waals surface area contributed by atoms with Gasteiger partial charge in [0.2, 0.25) is 11.8 Å². The second-order valence-corrected chi connectivity index (χ2v) is 24.5. The summed E-state index contributed by atoms with van der Waals surface area (Å²) < 4.78 is 24.1. The number of ether oxygens (including phenoxy) is 4. The number of anilines is 1. The van der Waals surface area contributed by atoms with Gasteiger partial charge in [0.1, 0.15) is 47.1 Å². The molecule has 7 amide bonds. The van der Waals surface area contributed by atoms with Crippen LogP contribution in [0.3, 0.4) is 0 Å². The average Bonchev–Trinajstić information content (AvgIpc) is 1.66. The van der Waals surface area contributed by atoms with Crippen LogP contribution in [-0.2, 0) is 79.8 Å². The number of ketones is 2. The summed E-state index contributed by atoms with van der Waals surface area (Å²) in [6, 6.07) is 4.25. The number of nitrogens with one attached hydrogen (secondary N) is 2. The van der Waals surface area contributed by atoms with Gasteiger partial charge in [0.05, 0.1) is 35.7 Å². The molecule has 4 aliphatic rings. The molecule has 0 aromatic heterocycles. The van der Waals surface area contributed by atoms with Crippen LogP contribution in [0.2, 0.25) is 5.02 Å². The summed E-state index contributed by atoms with van der Waals surface area (Å²) in [5.41, 5.74) is 5.11. The number of aliphatic hydroxyl groups is 1. The molecule has 0 radical (unpaired) electrons. The first-order chi connectivity index (χ1) is 41.4. The van der Waals surface area contributed by atoms with E-state index in [1.807, 2.05) is 26.0 Å². The molecule has 4 aliphatic heterocycles. The van der Waals surface area contributed by atoms with E-state index in [2.05, 4.69) is 10.6 Å². The average molecular weight is 1250 g/mol. The Labute approximate surface area is 517 Å². The van der Waals surface area contributed by atoms with E-state index in [9.17, 15) is 63.0 Å². The minimum absolute atomic E-state index is 0.00863. The number of hydrogen-bond acceptors (Lipinski definition) is 18. The van der Waals surface area contributed by atoms with Crippen molar-refractivity contribution in [2.75, 3.05) is 32.6 Å². The first kappa shape index (κ1) is 69.6. The predicted octanol–water partition coefficient (Wildman–Crippen LogP) is 5.53. The molecule has 0 saturated carbocycles. The Kier molecular flexibility index (Phi) is 23.8. The summed E-state index contributed by atoms with van der Waals surface area (Å²) in [4.78, 5) is 152. The van der Waals surface area contributed by atoms with Crippen molar-refractivity contribution in [2.45, 2.75) is 186 Å². The fourth-order valence-corrected chi connectivity index (χ4v) is 11.6. The van der Waals surface area contributed by atoms with Gasteiger partial charge in [-0.05, 0) is 95.0 Å². The molecule has 88 heavy (non-hydrogen) atoms. The number of carbonyl (C=O) groups excluding carboxylic acids is 11. The summed E-state index contributed by atoms with van der Waals surface area (Å²) in [6.07, 6.45) is 0.945. The number of nitrogens with two attached hydrogens (primary N) is 1. The van der Waals surface area contributed by atoms with Crippen molar-refractivity contribution >= 4 is 82.3 Å². The molecule has 3 fully saturated rings. The Morgan fingerprint density at radius 3 is 2.30 bits per heavy atom. The van der Waals surface area contributed by atoms with Gasteiger partial charge in [-0.1, -0.05) is 68.3 Å². The quantitative estimate of drug-likeness (QED) is 0.0395. The number of esters is 2. The summed E-state index contributed by atoms with van der Waals surface area (Å²) in [7, 11) is 4.33. The van der Waals surface area contributed by atoms with Crippen molar-refractivity contribution in [3.63, 3.8) is 0 Å². The molecule has 4 bridgehead atoms. The number of amides is 7. The highest BCUT2D eigenvalue weighted by atomic mass is 35.5. The second-order valence-electron chi connectivity index (χ2n) is 24.1. The van der Waals surface area contributed by atoms with Crippen LogP contribution < -0.4 is 21.3 Å². The first-order valence-electron chi connectivity index (χ1n) is 29.6. The van der Waals surface area contributed by atoms with E-state index in [4.69, 9.17) is 41.1 Å². The Morgan fingerprint density at radius 2 is 1.65 bits per heavy atom. The number of phenolic OH excluding ortho intramolecular Hbond substituents is 1. The maximum Gasteiger partial charge on any atom is 0.333 e. The first-order valence-corrected chi connectivity index (χ1v) is 30.0. The lowest BCUT2D eigenvalue weighted by molar-refractivity contribution is -0.197. The molecule has 24 nitrogen and oxygen atoms in total. The van der Waals surface area contributed by atoms with Crippen LogP contribution >= 0.6 is 11.6 Å². The number of hydrogen-bond donors (Lipinski definition) is 5. The highest BCUT2D eigenvalue weighted by Crippen LogP contribution is 2.50. The number of Topliss-reactive ketones (excluding diaryl/α,β-unsaturated/α-hetero) is 2. The van der Waals surface area contributed by atoms with Gasteiger partial charge in [0.15, 0.2) is 5.78 Å². The number of methoxy groups -OCH3 is 1. The standard InChI is InChI=1S/C63H83ClN6O18/c1-34(2)43(30-42(71)16-11-12-19-54(77)88-70-51(74)22-23-52(70)75)58(79)67-44(17-14-24-66-61(65)82)47(73)28-40-20-21-41(29-46(40)72)59(80)68(8)38(6)60(81)86-50-31-53(76)69(9)45-27-39(26-36(4)56(45)64)25-35(3)15-13-18-49(84-10)63(83)32-48(85-55(78)33-63)37(5)57-62(50,7)87-57/h13,15,18,20-21,26-27,29,34,37-38,43-44,48-50,57,72,83H,11-12,14,16-17,19,22-25,28,30-33H2,1-10H3,(H,67,79)(H3,65,66,82)/b18-13+,35-15+/t37-,38+,43+,44+,48+,49-,50+,57+,62+,63-/m1/s1. The van der Waals surface area contributed by atoms with E-state index in [1.54, 1.807) is 53.0 Å². The normalized spacial score (nSPS) is 25.1. The summed E-state index contributed by atoms with van der Waals surface area (Å²) >= 11 is 6.86. The van der Waals surface area contributed by atoms with Crippen LogP contribution in [0, 0.1) is 24.7 Å². The number of rotatable bonds is 23. The van der Waals surface area contributed by atoms with Crippen molar-refractivity contribution in [3.8, 4) is 5.75 Å². The number of primary amides is 1. The molecule has 3 saturated heterocycles. The summed E-state index contributed by atoms with van der Waals surface area (Å²) in [6.45, 7) is 12.1. The number of nitrogens with zero attached hydrogens (tertiary/aromatic N) is 3. The number of aromatic hydroxyl groups is 1. The van der Waals surface area contributed by atoms with Crippen LogP contribution in [0.4, 0.5) is 10.5 Å². The smallest absolute Gasteiger partial charge is 0.333 e. The summed E-state index contributed by atoms with van der Waals surface area (Å²) in [5, 5.41) is 29.3. The number of aryl methyl sites for hydroxylation is 1. The van der Waals surface area contributed by atoms with E-state index in [0.29, 0.717) is 27.8 Å². The number of benzene rings is 2. The third-order valence-electron chi connectivity index (χ3n) is 16.9. The molecule has 2 aromatic rings. The molecule has 6 N–H and O–H groups in total. The fourth-order valence-electron chi connectivity index (χ4n) is 11.3. The van der Waals surface area contributed by atoms with E-state index < -0.39 is 137 Å². The predicted molar refractivity (Wildman–Crippen MR) is 319 cm³/mol. The third-order valence-corrected chi connectivity index (χ3v) is 17.4. The number of urea groups is 1. The molecule has 0 aliphatic carbocycles. The van der Waals surface area contributed by atoms with Gasteiger partial charge in [-0.15, -0.1) is 5.06 Å². The topological polar surface area (TPSA) is 337 Å². The van der Waals surface area contributed by atoms with Crippen LogP contribution in [0.15, 0.2) is 54.1 Å². The minimum atomic E-state index is -1.67. The van der Waals surface area contributed by atoms with Crippen LogP contribution in [-0.4, -0.2) is 161 Å². The van der Waals surface area contributed by atoms with E-state index >= 15 is 0 Å². The van der Waals surface area contributed by atoms with Gasteiger partial charge in [0.25, 0.3) is 17.7 Å². The number of imide groups is 1. The van der Waals surface area contributed by atoms with Gasteiger partial charge in [-0.2, -0.15) is 0 Å². The summed E-state index contributed by atoms with van der Waals surface area (Å²) in [5.74, 6) is -8.58. The van der Waals surface area contributed by atoms with Crippen molar-refractivity contribution in [1.82, 2.24) is 20.6 Å². The van der Waals surface area contributed by atoms with Crippen molar-refractivity contribution in [3.05, 3.63) is 81.4 Å². The molecule has 4 heterocycles. The molecule has 10 atom stereocenters. The molecule has 480 valence electrons. The number of allylic oxidation sites excluding steroid dienone is 3. The Bertz CT molecular complexity index is 3080. The number of epoxide rings is 1. The van der Waals surface area contributed by atoms with Gasteiger partial charge in [-0.3, -0.25) is 38.4 Å². The van der Waals surface area contributed by atoms with E-state index in [1.165, 1.54) is 38.1 Å². The lowest BCUT2D eigenvalue weighted by Crippen LogP contribution is -2.53. The number of halogens is 1. The second kappa shape index (κ2) is 30.1. The number of hydroxylamine groups is 2. The molecule has 25 heteroatoms. The molecule has 2 aromatic carbocycles. The Hall–Kier alpha value is -7.54. The zero-order chi connectivity index (χ0) is 65.1. The SMILES string of the molecule is CO[C@@H]1/C=C/C=C(\C)Cc2cc(C)c(Cl)c(c2)N(C)C(=O)C[C@H](OC(=O)[C@H](C)N(C)C(=O)c2ccc(CC(=O)[C@H](CCCNC(N)=O)NC(=O)[C@@H](CC(=O)CCCCC(=O)ON3C(=O)CCC3=O)C(C)C)c(O)c2)[C@]2(C)O[C@H]2[C@H](C)[C@@H]2C[C@@]1(O)CC(=O)O2. The molecule has 0 unspecified atom stereocenters. The van der Waals surface area contributed by atoms with Crippen molar-refractivity contribution in [2.24, 2.45) is 23.5 Å². The molecular formula is C63H83ClN6O18. The molecule has 6 rings (SSSR count). The van der Waals surface area contributed by atoms with Crippen molar-refractivity contribution in [1.29, 1.82) is 0 Å². The third kappa shape index (κ3) is 17.6. The van der Waals surface area contributed by atoms with Crippen LogP contribution in [0.25, 0.3) is 0 Å². The highest BCUT2D eigenvalue weighted by Gasteiger charge is 2.64. The molecule has 0 spiro atoms. The van der Waals surface area contributed by atoms with Gasteiger partial charge in [-0.25, -0.2) is 14.4 Å². The molecular weight excluding hydrogens is 1160 g/mol. The number of phenols is 1. The number of fused-ring (bicyclic) bond motifs is 5. The maximum atomic E-state index is 14.5. The monoisotopic (exact) mass is 1250 g/mol. The van der Waals surface area contributed by atoms with Crippen molar-refractivity contribution < 1.29 is 86.7 Å². The minimum Gasteiger partial charge on any atom is -0.508 e. The lowest BCUT2D eigenvalue weighted by atomic mass is 9.78. The van der Waals surface area contributed by atoms with Gasteiger partial charge in [0, 0.05) is 95.7 Å². The Balaban J connectivity index is 1.14.